The van der Waals surface area contributed by atoms with Gasteiger partial charge < -0.3 is 0 Å². The lowest BCUT2D eigenvalue weighted by Gasteiger charge is -2.52. The van der Waals surface area contributed by atoms with E-state index < -0.39 is 0 Å². The molecule has 0 heterocycles. The molecule has 0 aromatic carbocycles. The normalized spacial score (nSPS) is 58.8. The molecule has 0 aromatic rings. The Labute approximate surface area is 79.9 Å². The Morgan fingerprint density at radius 1 is 1.23 bits per heavy atom. The van der Waals surface area contributed by atoms with E-state index in [1.54, 1.807) is 0 Å². The van der Waals surface area contributed by atoms with Gasteiger partial charge in [0.1, 0.15) is 5.78 Å². The third-order valence-electron chi connectivity index (χ3n) is 5.21. The number of rotatable bonds is 0. The minimum atomic E-state index is 0.0741. The molecule has 13 heavy (non-hydrogen) atoms. The summed E-state index contributed by atoms with van der Waals surface area (Å²) >= 11 is 0. The SMILES string of the molecule is CC12CCC3C(CCC3(C)C1=O)C2. The van der Waals surface area contributed by atoms with Crippen LogP contribution in [0.3, 0.4) is 0 Å². The van der Waals surface area contributed by atoms with Crippen molar-refractivity contribution in [1.82, 2.24) is 0 Å². The molecule has 0 spiro atoms. The molecule has 0 aliphatic heterocycles. The van der Waals surface area contributed by atoms with Crippen LogP contribution in [0.25, 0.3) is 0 Å². The molecule has 4 aliphatic carbocycles. The number of fused-ring (bicyclic) bond motifs is 1. The molecule has 1 nitrogen and oxygen atoms in total. The molecule has 4 atom stereocenters. The van der Waals surface area contributed by atoms with E-state index >= 15 is 0 Å². The fourth-order valence-electron chi connectivity index (χ4n) is 4.52. The van der Waals surface area contributed by atoms with Crippen molar-refractivity contribution in [2.75, 3.05) is 0 Å². The Hall–Kier alpha value is -0.330. The molecule has 0 saturated heterocycles. The summed E-state index contributed by atoms with van der Waals surface area (Å²) in [5, 5.41) is 0. The van der Waals surface area contributed by atoms with Crippen molar-refractivity contribution in [3.8, 4) is 0 Å². The van der Waals surface area contributed by atoms with Crippen LogP contribution in [0.2, 0.25) is 0 Å². The van der Waals surface area contributed by atoms with Gasteiger partial charge in [0.15, 0.2) is 0 Å². The Morgan fingerprint density at radius 2 is 2.00 bits per heavy atom. The van der Waals surface area contributed by atoms with Crippen molar-refractivity contribution in [1.29, 1.82) is 0 Å². The van der Waals surface area contributed by atoms with Crippen molar-refractivity contribution in [3.63, 3.8) is 0 Å². The summed E-state index contributed by atoms with van der Waals surface area (Å²) in [4.78, 5) is 12.3. The average Bonchev–Trinajstić information content (AvgIpc) is 2.38. The van der Waals surface area contributed by atoms with E-state index in [0.717, 1.165) is 11.8 Å². The van der Waals surface area contributed by atoms with E-state index in [2.05, 4.69) is 13.8 Å². The van der Waals surface area contributed by atoms with Crippen molar-refractivity contribution < 1.29 is 4.79 Å². The summed E-state index contributed by atoms with van der Waals surface area (Å²) in [7, 11) is 0. The Bertz CT molecular complexity index is 283. The standard InChI is InChI=1S/C12H18O/c1-11-5-4-9-8(7-11)3-6-12(9,2)10(11)13/h8-9H,3-7H2,1-2H3. The maximum atomic E-state index is 12.3. The van der Waals surface area contributed by atoms with Crippen LogP contribution < -0.4 is 0 Å². The smallest absolute Gasteiger partial charge is 0.144 e. The zero-order valence-corrected chi connectivity index (χ0v) is 8.60. The van der Waals surface area contributed by atoms with Gasteiger partial charge in [-0.05, 0) is 43.9 Å². The van der Waals surface area contributed by atoms with Crippen LogP contribution >= 0.6 is 0 Å². The zero-order valence-electron chi connectivity index (χ0n) is 8.60. The topological polar surface area (TPSA) is 17.1 Å². The summed E-state index contributed by atoms with van der Waals surface area (Å²) < 4.78 is 0. The molecule has 4 bridgehead atoms. The van der Waals surface area contributed by atoms with E-state index in [-0.39, 0.29) is 10.8 Å². The first kappa shape index (κ1) is 8.02. The summed E-state index contributed by atoms with van der Waals surface area (Å²) in [6.07, 6.45) is 6.19. The van der Waals surface area contributed by atoms with Gasteiger partial charge in [-0.3, -0.25) is 4.79 Å². The highest BCUT2D eigenvalue weighted by atomic mass is 16.1. The number of carbonyl (C=O) groups is 1. The van der Waals surface area contributed by atoms with Crippen LogP contribution in [-0.4, -0.2) is 5.78 Å². The van der Waals surface area contributed by atoms with Gasteiger partial charge >= 0.3 is 0 Å². The fourth-order valence-corrected chi connectivity index (χ4v) is 4.52. The molecular formula is C12H18O. The maximum Gasteiger partial charge on any atom is 0.144 e. The van der Waals surface area contributed by atoms with E-state index in [4.69, 9.17) is 0 Å². The first-order valence-corrected chi connectivity index (χ1v) is 5.61. The fraction of sp³-hybridized carbons (Fsp3) is 0.917. The molecule has 0 N–H and O–H groups in total. The van der Waals surface area contributed by atoms with Gasteiger partial charge in [0.25, 0.3) is 0 Å². The Balaban J connectivity index is 2.13. The van der Waals surface area contributed by atoms with Crippen molar-refractivity contribution >= 4 is 5.78 Å². The van der Waals surface area contributed by atoms with Crippen LogP contribution in [0.1, 0.15) is 46.0 Å². The summed E-state index contributed by atoms with van der Waals surface area (Å²) in [5.41, 5.74) is 0.167. The van der Waals surface area contributed by atoms with Gasteiger partial charge in [-0.25, -0.2) is 0 Å². The lowest BCUT2D eigenvalue weighted by atomic mass is 9.50. The average molecular weight is 178 g/mol. The molecular weight excluding hydrogens is 160 g/mol. The van der Waals surface area contributed by atoms with E-state index in [1.165, 1.54) is 32.1 Å². The highest BCUT2D eigenvalue weighted by molar-refractivity contribution is 5.92. The lowest BCUT2D eigenvalue weighted by molar-refractivity contribution is -0.153. The first-order chi connectivity index (χ1) is 6.06. The molecule has 4 rings (SSSR count). The third kappa shape index (κ3) is 0.730. The summed E-state index contributed by atoms with van der Waals surface area (Å²) in [6.45, 7) is 4.44. The highest BCUT2D eigenvalue weighted by Crippen LogP contribution is 2.65. The van der Waals surface area contributed by atoms with E-state index in [9.17, 15) is 4.79 Å². The lowest BCUT2D eigenvalue weighted by Crippen LogP contribution is -2.53. The maximum absolute atomic E-state index is 12.3. The Morgan fingerprint density at radius 3 is 2.77 bits per heavy atom. The third-order valence-corrected chi connectivity index (χ3v) is 5.21. The molecule has 0 aromatic heterocycles. The number of hydrogen-bond donors (Lipinski definition) is 0. The van der Waals surface area contributed by atoms with Crippen LogP contribution in [0, 0.1) is 22.7 Å². The second-order valence-corrected chi connectivity index (χ2v) is 5.96. The van der Waals surface area contributed by atoms with Gasteiger partial charge in [0.2, 0.25) is 0 Å². The summed E-state index contributed by atoms with van der Waals surface area (Å²) in [5.74, 6) is 2.24. The quantitative estimate of drug-likeness (QED) is 0.557. The Kier molecular flexibility index (Phi) is 1.24. The first-order valence-electron chi connectivity index (χ1n) is 5.61. The van der Waals surface area contributed by atoms with E-state index in [0.29, 0.717) is 5.78 Å². The second kappa shape index (κ2) is 2.02. The number of carbonyl (C=O) groups excluding carboxylic acids is 1. The predicted molar refractivity (Wildman–Crippen MR) is 51.3 cm³/mol. The molecule has 4 aliphatic rings. The monoisotopic (exact) mass is 178 g/mol. The van der Waals surface area contributed by atoms with Crippen LogP contribution in [0.15, 0.2) is 0 Å². The predicted octanol–water partition coefficient (Wildman–Crippen LogP) is 2.79. The van der Waals surface area contributed by atoms with Crippen molar-refractivity contribution in [3.05, 3.63) is 0 Å². The van der Waals surface area contributed by atoms with Gasteiger partial charge in [0, 0.05) is 10.8 Å². The summed E-state index contributed by atoms with van der Waals surface area (Å²) in [6, 6.07) is 0. The molecule has 0 radical (unpaired) electrons. The van der Waals surface area contributed by atoms with Gasteiger partial charge in [-0.2, -0.15) is 0 Å². The molecule has 4 fully saturated rings. The molecule has 4 unspecified atom stereocenters. The highest BCUT2D eigenvalue weighted by Gasteiger charge is 2.63. The molecule has 0 amide bonds. The molecule has 4 saturated carbocycles. The molecule has 72 valence electrons. The van der Waals surface area contributed by atoms with Gasteiger partial charge in [-0.15, -0.1) is 0 Å². The van der Waals surface area contributed by atoms with Crippen LogP contribution in [0.5, 0.6) is 0 Å². The second-order valence-electron chi connectivity index (χ2n) is 5.96. The van der Waals surface area contributed by atoms with Crippen LogP contribution in [-0.2, 0) is 4.79 Å². The number of hydrogen-bond acceptors (Lipinski definition) is 1. The number of ketones is 1. The minimum absolute atomic E-state index is 0.0741. The molecule has 1 heteroatoms. The number of Topliss-reactive ketones (excluding diaryl/α,β-unsaturated/α-hetero) is 1. The largest absolute Gasteiger partial charge is 0.298 e. The minimum Gasteiger partial charge on any atom is -0.298 e. The van der Waals surface area contributed by atoms with Crippen molar-refractivity contribution in [2.45, 2.75) is 46.0 Å². The van der Waals surface area contributed by atoms with Gasteiger partial charge in [-0.1, -0.05) is 13.8 Å². The van der Waals surface area contributed by atoms with E-state index in [1.807, 2.05) is 0 Å². The zero-order chi connectivity index (χ0) is 9.27. The van der Waals surface area contributed by atoms with Crippen molar-refractivity contribution in [2.24, 2.45) is 22.7 Å². The van der Waals surface area contributed by atoms with Gasteiger partial charge in [0.05, 0.1) is 0 Å². The van der Waals surface area contributed by atoms with Crippen LogP contribution in [0.4, 0.5) is 0 Å².